The number of nitrogens with one attached hydrogen (secondary N) is 1. The Labute approximate surface area is 119 Å². The van der Waals surface area contributed by atoms with Crippen LogP contribution in [0.5, 0.6) is 11.6 Å². The number of hydrogen-bond donors (Lipinski definition) is 1. The molecule has 1 atom stereocenters. The smallest absolute Gasteiger partial charge is 0.257 e. The number of pyridine rings is 1. The molecule has 2 fully saturated rings. The van der Waals surface area contributed by atoms with Gasteiger partial charge in [0.1, 0.15) is 6.10 Å². The Morgan fingerprint density at radius 2 is 2.30 bits per heavy atom. The van der Waals surface area contributed by atoms with Crippen molar-refractivity contribution in [2.75, 3.05) is 26.3 Å². The molecule has 3 rings (SSSR count). The number of piperidine rings is 1. The van der Waals surface area contributed by atoms with Gasteiger partial charge in [0.25, 0.3) is 5.88 Å². The molecule has 0 bridgehead atoms. The molecule has 1 aromatic heterocycles. The maximum absolute atomic E-state index is 6.03. The first kappa shape index (κ1) is 13.6. The van der Waals surface area contributed by atoms with Crippen molar-refractivity contribution < 1.29 is 14.2 Å². The van der Waals surface area contributed by atoms with Crippen LogP contribution in [0.4, 0.5) is 0 Å². The van der Waals surface area contributed by atoms with Crippen LogP contribution in [0.15, 0.2) is 18.3 Å². The van der Waals surface area contributed by atoms with Gasteiger partial charge >= 0.3 is 0 Å². The van der Waals surface area contributed by atoms with Crippen LogP contribution in [0.25, 0.3) is 0 Å². The van der Waals surface area contributed by atoms with Crippen molar-refractivity contribution in [3.05, 3.63) is 18.3 Å². The summed E-state index contributed by atoms with van der Waals surface area (Å²) in [5.41, 5.74) is 0.0104. The summed E-state index contributed by atoms with van der Waals surface area (Å²) < 4.78 is 17.6. The average Bonchev–Trinajstić information content (AvgIpc) is 2.85. The van der Waals surface area contributed by atoms with Crippen LogP contribution in [0, 0.1) is 0 Å². The van der Waals surface area contributed by atoms with E-state index in [9.17, 15) is 0 Å². The summed E-state index contributed by atoms with van der Waals surface area (Å²) >= 11 is 0. The van der Waals surface area contributed by atoms with Gasteiger partial charge in [-0.05, 0) is 45.0 Å². The highest BCUT2D eigenvalue weighted by molar-refractivity contribution is 5.32. The summed E-state index contributed by atoms with van der Waals surface area (Å²) in [7, 11) is 0. The van der Waals surface area contributed by atoms with Gasteiger partial charge in [-0.15, -0.1) is 0 Å². The molecular weight excluding hydrogens is 256 g/mol. The van der Waals surface area contributed by atoms with Crippen molar-refractivity contribution in [1.29, 1.82) is 0 Å². The van der Waals surface area contributed by atoms with Gasteiger partial charge in [-0.1, -0.05) is 0 Å². The topological polar surface area (TPSA) is 52.6 Å². The highest BCUT2D eigenvalue weighted by Gasteiger charge is 2.42. The molecular formula is C15H22N2O3. The van der Waals surface area contributed by atoms with E-state index in [0.29, 0.717) is 24.8 Å². The Morgan fingerprint density at radius 3 is 3.10 bits per heavy atom. The first-order valence-electron chi connectivity index (χ1n) is 7.40. The zero-order valence-corrected chi connectivity index (χ0v) is 11.9. The second-order valence-corrected chi connectivity index (χ2v) is 5.43. The minimum absolute atomic E-state index is 0.0104. The van der Waals surface area contributed by atoms with Gasteiger partial charge in [-0.25, -0.2) is 4.98 Å². The van der Waals surface area contributed by atoms with Crippen LogP contribution in [0.1, 0.15) is 26.2 Å². The molecule has 1 spiro atoms. The third kappa shape index (κ3) is 2.88. The molecule has 110 valence electrons. The summed E-state index contributed by atoms with van der Waals surface area (Å²) in [4.78, 5) is 4.28. The molecule has 0 aromatic carbocycles. The number of hydrogen-bond acceptors (Lipinski definition) is 5. The minimum Gasteiger partial charge on any atom is -0.488 e. The average molecular weight is 278 g/mol. The van der Waals surface area contributed by atoms with Gasteiger partial charge in [0.2, 0.25) is 0 Å². The van der Waals surface area contributed by atoms with E-state index in [1.165, 1.54) is 0 Å². The number of nitrogens with zero attached hydrogens (tertiary/aromatic N) is 1. The normalized spacial score (nSPS) is 24.8. The molecule has 2 saturated heterocycles. The van der Waals surface area contributed by atoms with E-state index in [1.807, 2.05) is 19.1 Å². The molecule has 3 heterocycles. The lowest BCUT2D eigenvalue weighted by molar-refractivity contribution is -0.0206. The second-order valence-electron chi connectivity index (χ2n) is 5.43. The summed E-state index contributed by atoms with van der Waals surface area (Å²) in [5, 5.41) is 3.37. The Hall–Kier alpha value is -1.33. The molecule has 0 aliphatic carbocycles. The Bertz CT molecular complexity index is 446. The molecule has 5 nitrogen and oxygen atoms in total. The molecule has 2 aliphatic heterocycles. The maximum atomic E-state index is 6.03. The van der Waals surface area contributed by atoms with E-state index in [0.717, 1.165) is 32.4 Å². The van der Waals surface area contributed by atoms with Crippen LogP contribution in [-0.4, -0.2) is 43.0 Å². The molecule has 0 radical (unpaired) electrons. The summed E-state index contributed by atoms with van der Waals surface area (Å²) in [5.74, 6) is 1.29. The zero-order valence-electron chi connectivity index (χ0n) is 11.9. The Kier molecular flexibility index (Phi) is 4.08. The van der Waals surface area contributed by atoms with Crippen LogP contribution in [0.2, 0.25) is 0 Å². The van der Waals surface area contributed by atoms with Crippen LogP contribution in [0.3, 0.4) is 0 Å². The van der Waals surface area contributed by atoms with Gasteiger partial charge < -0.3 is 19.5 Å². The van der Waals surface area contributed by atoms with E-state index >= 15 is 0 Å². The lowest BCUT2D eigenvalue weighted by atomic mass is 9.89. The molecule has 1 N–H and O–H groups in total. The quantitative estimate of drug-likeness (QED) is 0.909. The maximum Gasteiger partial charge on any atom is 0.257 e. The van der Waals surface area contributed by atoms with E-state index in [4.69, 9.17) is 14.2 Å². The fourth-order valence-corrected chi connectivity index (χ4v) is 3.00. The first-order valence-corrected chi connectivity index (χ1v) is 7.40. The molecule has 1 aromatic rings. The molecule has 2 aliphatic rings. The summed E-state index contributed by atoms with van der Waals surface area (Å²) in [6, 6.07) is 3.75. The SMILES string of the molecule is CCOc1cccnc1OC1COC2(CCNCC2)C1. The zero-order chi connectivity index (χ0) is 13.8. The summed E-state index contributed by atoms with van der Waals surface area (Å²) in [6.07, 6.45) is 4.87. The van der Waals surface area contributed by atoms with Gasteiger partial charge in [0, 0.05) is 12.6 Å². The first-order chi connectivity index (χ1) is 9.81. The predicted octanol–water partition coefficient (Wildman–Crippen LogP) is 1.77. The van der Waals surface area contributed by atoms with Gasteiger partial charge in [-0.3, -0.25) is 0 Å². The fraction of sp³-hybridized carbons (Fsp3) is 0.667. The van der Waals surface area contributed by atoms with Crippen LogP contribution >= 0.6 is 0 Å². The van der Waals surface area contributed by atoms with E-state index < -0.39 is 0 Å². The lowest BCUT2D eigenvalue weighted by Crippen LogP contribution is -2.41. The second kappa shape index (κ2) is 5.97. The van der Waals surface area contributed by atoms with Crippen molar-refractivity contribution in [3.63, 3.8) is 0 Å². The van der Waals surface area contributed by atoms with Crippen molar-refractivity contribution in [2.24, 2.45) is 0 Å². The predicted molar refractivity (Wildman–Crippen MR) is 75.2 cm³/mol. The standard InChI is InChI=1S/C15H22N2O3/c1-2-18-13-4-3-7-17-14(13)20-12-10-15(19-11-12)5-8-16-9-6-15/h3-4,7,12,16H,2,5-6,8-11H2,1H3. The Balaban J connectivity index is 1.64. The van der Waals surface area contributed by atoms with E-state index in [2.05, 4.69) is 10.3 Å². The van der Waals surface area contributed by atoms with Gasteiger partial charge in [0.05, 0.1) is 18.8 Å². The molecule has 0 saturated carbocycles. The third-order valence-electron chi connectivity index (χ3n) is 4.00. The van der Waals surface area contributed by atoms with Crippen molar-refractivity contribution in [2.45, 2.75) is 37.9 Å². The van der Waals surface area contributed by atoms with E-state index in [1.54, 1.807) is 6.20 Å². The van der Waals surface area contributed by atoms with Gasteiger partial charge in [-0.2, -0.15) is 0 Å². The monoisotopic (exact) mass is 278 g/mol. The molecule has 5 heteroatoms. The van der Waals surface area contributed by atoms with Gasteiger partial charge in [0.15, 0.2) is 5.75 Å². The van der Waals surface area contributed by atoms with Crippen molar-refractivity contribution in [3.8, 4) is 11.6 Å². The number of aromatic nitrogens is 1. The van der Waals surface area contributed by atoms with E-state index in [-0.39, 0.29) is 11.7 Å². The largest absolute Gasteiger partial charge is 0.488 e. The van der Waals surface area contributed by atoms with Crippen LogP contribution < -0.4 is 14.8 Å². The van der Waals surface area contributed by atoms with Crippen molar-refractivity contribution in [1.82, 2.24) is 10.3 Å². The highest BCUT2D eigenvalue weighted by Crippen LogP contribution is 2.36. The minimum atomic E-state index is 0.0104. The summed E-state index contributed by atoms with van der Waals surface area (Å²) in [6.45, 7) is 5.27. The van der Waals surface area contributed by atoms with Crippen molar-refractivity contribution >= 4 is 0 Å². The fourth-order valence-electron chi connectivity index (χ4n) is 3.00. The lowest BCUT2D eigenvalue weighted by Gasteiger charge is -2.32. The molecule has 1 unspecified atom stereocenters. The number of rotatable bonds is 4. The molecule has 0 amide bonds. The third-order valence-corrected chi connectivity index (χ3v) is 4.00. The highest BCUT2D eigenvalue weighted by atomic mass is 16.6. The molecule has 20 heavy (non-hydrogen) atoms. The Morgan fingerprint density at radius 1 is 1.45 bits per heavy atom. The number of ether oxygens (including phenoxy) is 3. The van der Waals surface area contributed by atoms with Crippen LogP contribution in [-0.2, 0) is 4.74 Å².